The molecule has 0 bridgehead atoms. The second-order valence-corrected chi connectivity index (χ2v) is 4.86. The van der Waals surface area contributed by atoms with Crippen LogP contribution in [0.2, 0.25) is 0 Å². The fourth-order valence-corrected chi connectivity index (χ4v) is 2.11. The Morgan fingerprint density at radius 1 is 1.19 bits per heavy atom. The van der Waals surface area contributed by atoms with E-state index in [-0.39, 0.29) is 18.7 Å². The summed E-state index contributed by atoms with van der Waals surface area (Å²) in [6, 6.07) is 0.641. The molecule has 2 atom stereocenters. The first-order chi connectivity index (χ1) is 7.58. The number of nitrogens with two attached hydrogens (primary N) is 1. The Kier molecular flexibility index (Phi) is 8.90. The van der Waals surface area contributed by atoms with Crippen LogP contribution in [0, 0.1) is 0 Å². The summed E-state index contributed by atoms with van der Waals surface area (Å²) in [6.45, 7) is 9.86. The monoisotopic (exact) mass is 230 g/mol. The molecule has 0 aliphatic heterocycles. The van der Waals surface area contributed by atoms with Gasteiger partial charge < -0.3 is 10.8 Å². The second kappa shape index (κ2) is 8.97. The van der Waals surface area contributed by atoms with Gasteiger partial charge in [0, 0.05) is 18.1 Å². The van der Waals surface area contributed by atoms with E-state index in [1.807, 2.05) is 0 Å². The SMILES string of the molecule is CCCCCN(C(C)C)C(CO)C(N)CC. The van der Waals surface area contributed by atoms with Gasteiger partial charge in [-0.1, -0.05) is 26.7 Å². The van der Waals surface area contributed by atoms with Crippen LogP contribution in [-0.4, -0.2) is 41.3 Å². The van der Waals surface area contributed by atoms with Gasteiger partial charge in [-0.25, -0.2) is 0 Å². The predicted molar refractivity (Wildman–Crippen MR) is 70.5 cm³/mol. The molecule has 0 rings (SSSR count). The number of aliphatic hydroxyl groups is 1. The van der Waals surface area contributed by atoms with Crippen molar-refractivity contribution in [3.8, 4) is 0 Å². The van der Waals surface area contributed by atoms with Gasteiger partial charge >= 0.3 is 0 Å². The van der Waals surface area contributed by atoms with Crippen LogP contribution in [0.3, 0.4) is 0 Å². The standard InChI is InChI=1S/C13H30N2O/c1-5-7-8-9-15(11(3)4)13(10-16)12(14)6-2/h11-13,16H,5-10,14H2,1-4H3. The molecule has 16 heavy (non-hydrogen) atoms. The Labute approximate surface area is 101 Å². The third kappa shape index (κ3) is 5.28. The van der Waals surface area contributed by atoms with Gasteiger partial charge in [0.15, 0.2) is 0 Å². The molecule has 0 aromatic rings. The molecular formula is C13H30N2O. The molecule has 0 aliphatic carbocycles. The molecule has 0 aromatic carbocycles. The topological polar surface area (TPSA) is 49.5 Å². The summed E-state index contributed by atoms with van der Waals surface area (Å²) in [5, 5.41) is 9.48. The number of hydrogen-bond donors (Lipinski definition) is 2. The molecule has 0 heterocycles. The molecule has 0 spiro atoms. The summed E-state index contributed by atoms with van der Waals surface area (Å²) in [6.07, 6.45) is 4.60. The molecule has 98 valence electrons. The minimum absolute atomic E-state index is 0.0778. The lowest BCUT2D eigenvalue weighted by Gasteiger charge is -2.37. The van der Waals surface area contributed by atoms with Gasteiger partial charge in [-0.3, -0.25) is 4.90 Å². The van der Waals surface area contributed by atoms with E-state index in [2.05, 4.69) is 32.6 Å². The minimum Gasteiger partial charge on any atom is -0.395 e. The first-order valence-corrected chi connectivity index (χ1v) is 6.70. The predicted octanol–water partition coefficient (Wildman–Crippen LogP) is 1.99. The van der Waals surface area contributed by atoms with Crippen LogP contribution < -0.4 is 5.73 Å². The third-order valence-electron chi connectivity index (χ3n) is 3.26. The summed E-state index contributed by atoms with van der Waals surface area (Å²) in [7, 11) is 0. The van der Waals surface area contributed by atoms with Crippen molar-refractivity contribution < 1.29 is 5.11 Å². The zero-order valence-corrected chi connectivity index (χ0v) is 11.4. The molecule has 0 aromatic heterocycles. The maximum atomic E-state index is 9.48. The molecule has 0 radical (unpaired) electrons. The summed E-state index contributed by atoms with van der Waals surface area (Å²) in [5.41, 5.74) is 6.07. The van der Waals surface area contributed by atoms with E-state index in [1.54, 1.807) is 0 Å². The highest BCUT2D eigenvalue weighted by molar-refractivity contribution is 4.82. The Balaban J connectivity index is 4.34. The van der Waals surface area contributed by atoms with Gasteiger partial charge in [-0.05, 0) is 33.2 Å². The van der Waals surface area contributed by atoms with Crippen LogP contribution in [0.4, 0.5) is 0 Å². The number of unbranched alkanes of at least 4 members (excludes halogenated alkanes) is 2. The molecule has 3 N–H and O–H groups in total. The Hall–Kier alpha value is -0.120. The van der Waals surface area contributed by atoms with E-state index in [0.717, 1.165) is 13.0 Å². The van der Waals surface area contributed by atoms with Crippen LogP contribution in [0.5, 0.6) is 0 Å². The van der Waals surface area contributed by atoms with E-state index in [0.29, 0.717) is 6.04 Å². The molecular weight excluding hydrogens is 200 g/mol. The highest BCUT2D eigenvalue weighted by Gasteiger charge is 2.24. The third-order valence-corrected chi connectivity index (χ3v) is 3.26. The Morgan fingerprint density at radius 3 is 2.19 bits per heavy atom. The van der Waals surface area contributed by atoms with E-state index in [9.17, 15) is 5.11 Å². The van der Waals surface area contributed by atoms with Gasteiger partial charge in [0.2, 0.25) is 0 Å². The average molecular weight is 230 g/mol. The Morgan fingerprint density at radius 2 is 1.81 bits per heavy atom. The summed E-state index contributed by atoms with van der Waals surface area (Å²) in [4.78, 5) is 2.35. The van der Waals surface area contributed by atoms with Crippen molar-refractivity contribution in [3.05, 3.63) is 0 Å². The van der Waals surface area contributed by atoms with E-state index in [1.165, 1.54) is 19.3 Å². The zero-order chi connectivity index (χ0) is 12.6. The lowest BCUT2D eigenvalue weighted by Crippen LogP contribution is -2.52. The average Bonchev–Trinajstić information content (AvgIpc) is 2.27. The number of nitrogens with zero attached hydrogens (tertiary/aromatic N) is 1. The van der Waals surface area contributed by atoms with Crippen molar-refractivity contribution in [1.29, 1.82) is 0 Å². The van der Waals surface area contributed by atoms with Crippen molar-refractivity contribution >= 4 is 0 Å². The van der Waals surface area contributed by atoms with Crippen LogP contribution in [0.15, 0.2) is 0 Å². The fourth-order valence-electron chi connectivity index (χ4n) is 2.11. The summed E-state index contributed by atoms with van der Waals surface area (Å²) >= 11 is 0. The maximum Gasteiger partial charge on any atom is 0.0602 e. The number of hydrogen-bond acceptors (Lipinski definition) is 3. The molecule has 3 nitrogen and oxygen atoms in total. The van der Waals surface area contributed by atoms with Crippen molar-refractivity contribution in [2.75, 3.05) is 13.2 Å². The van der Waals surface area contributed by atoms with Crippen molar-refractivity contribution in [3.63, 3.8) is 0 Å². The molecule has 2 unspecified atom stereocenters. The maximum absolute atomic E-state index is 9.48. The quantitative estimate of drug-likeness (QED) is 0.596. The number of aliphatic hydroxyl groups excluding tert-OH is 1. The van der Waals surface area contributed by atoms with Crippen LogP contribution in [0.1, 0.15) is 53.4 Å². The van der Waals surface area contributed by atoms with E-state index < -0.39 is 0 Å². The molecule has 3 heteroatoms. The Bertz CT molecular complexity index is 162. The lowest BCUT2D eigenvalue weighted by atomic mass is 10.0. The first-order valence-electron chi connectivity index (χ1n) is 6.70. The van der Waals surface area contributed by atoms with Crippen LogP contribution >= 0.6 is 0 Å². The molecule has 0 amide bonds. The molecule has 0 saturated carbocycles. The highest BCUT2D eigenvalue weighted by atomic mass is 16.3. The van der Waals surface area contributed by atoms with E-state index in [4.69, 9.17) is 5.73 Å². The first kappa shape index (κ1) is 15.9. The van der Waals surface area contributed by atoms with E-state index >= 15 is 0 Å². The van der Waals surface area contributed by atoms with Gasteiger partial charge in [0.25, 0.3) is 0 Å². The van der Waals surface area contributed by atoms with Crippen molar-refractivity contribution in [2.24, 2.45) is 5.73 Å². The van der Waals surface area contributed by atoms with Gasteiger partial charge in [-0.15, -0.1) is 0 Å². The van der Waals surface area contributed by atoms with Crippen LogP contribution in [-0.2, 0) is 0 Å². The molecule has 0 saturated heterocycles. The summed E-state index contributed by atoms with van der Waals surface area (Å²) < 4.78 is 0. The minimum atomic E-state index is 0.0778. The second-order valence-electron chi connectivity index (χ2n) is 4.86. The van der Waals surface area contributed by atoms with Crippen LogP contribution in [0.25, 0.3) is 0 Å². The molecule has 0 fully saturated rings. The van der Waals surface area contributed by atoms with Gasteiger partial charge in [-0.2, -0.15) is 0 Å². The van der Waals surface area contributed by atoms with Crippen molar-refractivity contribution in [1.82, 2.24) is 4.90 Å². The smallest absolute Gasteiger partial charge is 0.0602 e. The van der Waals surface area contributed by atoms with Gasteiger partial charge in [0.1, 0.15) is 0 Å². The van der Waals surface area contributed by atoms with Crippen molar-refractivity contribution in [2.45, 2.75) is 71.5 Å². The zero-order valence-electron chi connectivity index (χ0n) is 11.4. The largest absolute Gasteiger partial charge is 0.395 e. The molecule has 0 aliphatic rings. The summed E-state index contributed by atoms with van der Waals surface area (Å²) in [5.74, 6) is 0. The normalized spacial score (nSPS) is 15.8. The number of rotatable bonds is 9. The lowest BCUT2D eigenvalue weighted by molar-refractivity contribution is 0.0757. The van der Waals surface area contributed by atoms with Gasteiger partial charge in [0.05, 0.1) is 6.61 Å². The highest BCUT2D eigenvalue weighted by Crippen LogP contribution is 2.12. The fraction of sp³-hybridized carbons (Fsp3) is 1.00.